The van der Waals surface area contributed by atoms with Gasteiger partial charge in [-0.1, -0.05) is 23.7 Å². The summed E-state index contributed by atoms with van der Waals surface area (Å²) in [5, 5.41) is 11.7. The number of hydrogen-bond donors (Lipinski definition) is 2. The van der Waals surface area contributed by atoms with Gasteiger partial charge in [-0.2, -0.15) is 5.10 Å². The molecule has 0 aliphatic rings. The molecule has 0 aliphatic carbocycles. The Morgan fingerprint density at radius 3 is 2.54 bits per heavy atom. The van der Waals surface area contributed by atoms with Crippen LogP contribution in [0.3, 0.4) is 0 Å². The van der Waals surface area contributed by atoms with Crippen LogP contribution in [0.15, 0.2) is 47.7 Å². The number of rotatable bonds is 7. The van der Waals surface area contributed by atoms with Gasteiger partial charge in [-0.05, 0) is 37.6 Å². The summed E-state index contributed by atoms with van der Waals surface area (Å²) in [6.07, 6.45) is 3.72. The van der Waals surface area contributed by atoms with Gasteiger partial charge in [0.1, 0.15) is 0 Å². The molecule has 1 aromatic heterocycles. The molecule has 0 bridgehead atoms. The van der Waals surface area contributed by atoms with Crippen molar-refractivity contribution in [1.82, 2.24) is 20.4 Å². The van der Waals surface area contributed by atoms with Gasteiger partial charge in [-0.15, -0.1) is 24.0 Å². The van der Waals surface area contributed by atoms with Crippen molar-refractivity contribution in [3.05, 3.63) is 53.3 Å². The lowest BCUT2D eigenvalue weighted by molar-refractivity contribution is 0.0268. The highest BCUT2D eigenvalue weighted by molar-refractivity contribution is 14.0. The number of aliphatic imine (C=N–C) groups is 1. The summed E-state index contributed by atoms with van der Waals surface area (Å²) in [6, 6.07) is 9.75. The molecule has 6 nitrogen and oxygen atoms in total. The van der Waals surface area contributed by atoms with Crippen molar-refractivity contribution in [3.63, 3.8) is 0 Å². The molecule has 2 aromatic rings. The van der Waals surface area contributed by atoms with Crippen LogP contribution in [-0.4, -0.2) is 48.6 Å². The molecule has 1 unspecified atom stereocenters. The molecule has 8 heteroatoms. The molecule has 0 saturated carbocycles. The van der Waals surface area contributed by atoms with Gasteiger partial charge >= 0.3 is 0 Å². The maximum absolute atomic E-state index is 6.01. The van der Waals surface area contributed by atoms with Crippen LogP contribution in [0.2, 0.25) is 5.02 Å². The quantitative estimate of drug-likeness (QED) is 0.354. The van der Waals surface area contributed by atoms with E-state index in [4.69, 9.17) is 16.3 Å². The molecule has 0 amide bonds. The lowest BCUT2D eigenvalue weighted by Crippen LogP contribution is -2.46. The number of guanidine groups is 1. The standard InChI is InChI=1S/C18H26ClN5O.HI/c1-18(2,25-4)13-22-17(20-3)21-12-16(24-11-5-10-23-24)14-6-8-15(19)9-7-14;/h5-11,16H,12-13H2,1-4H3,(H2,20,21,22);1H. The number of nitrogens with one attached hydrogen (secondary N) is 2. The van der Waals surface area contributed by atoms with Crippen LogP contribution < -0.4 is 10.6 Å². The predicted octanol–water partition coefficient (Wildman–Crippen LogP) is 3.33. The fourth-order valence-corrected chi connectivity index (χ4v) is 2.42. The Morgan fingerprint density at radius 2 is 2.00 bits per heavy atom. The second-order valence-corrected chi connectivity index (χ2v) is 6.76. The average molecular weight is 492 g/mol. The molecule has 144 valence electrons. The lowest BCUT2D eigenvalue weighted by Gasteiger charge is -2.25. The second kappa shape index (κ2) is 10.7. The van der Waals surface area contributed by atoms with Crippen molar-refractivity contribution < 1.29 is 4.74 Å². The van der Waals surface area contributed by atoms with E-state index in [1.54, 1.807) is 20.4 Å². The van der Waals surface area contributed by atoms with Crippen LogP contribution in [0.4, 0.5) is 0 Å². The van der Waals surface area contributed by atoms with E-state index in [0.717, 1.165) is 16.5 Å². The normalized spacial score (nSPS) is 13.0. The van der Waals surface area contributed by atoms with Crippen LogP contribution in [-0.2, 0) is 4.74 Å². The highest BCUT2D eigenvalue weighted by Gasteiger charge is 2.18. The first-order valence-electron chi connectivity index (χ1n) is 8.19. The van der Waals surface area contributed by atoms with E-state index >= 15 is 0 Å². The number of methoxy groups -OCH3 is 1. The molecule has 0 fully saturated rings. The number of aromatic nitrogens is 2. The third kappa shape index (κ3) is 6.77. The molecular weight excluding hydrogens is 465 g/mol. The van der Waals surface area contributed by atoms with Gasteiger partial charge in [-0.3, -0.25) is 9.67 Å². The Balaban J connectivity index is 0.00000338. The predicted molar refractivity (Wildman–Crippen MR) is 118 cm³/mol. The van der Waals surface area contributed by atoms with E-state index in [2.05, 4.69) is 20.7 Å². The van der Waals surface area contributed by atoms with Crippen LogP contribution in [0, 0.1) is 0 Å². The van der Waals surface area contributed by atoms with E-state index in [0.29, 0.717) is 13.1 Å². The number of ether oxygens (including phenoxy) is 1. The molecule has 0 radical (unpaired) electrons. The van der Waals surface area contributed by atoms with Crippen molar-refractivity contribution in [2.45, 2.75) is 25.5 Å². The zero-order valence-electron chi connectivity index (χ0n) is 15.6. The molecule has 2 N–H and O–H groups in total. The Kier molecular flexibility index (Phi) is 9.38. The van der Waals surface area contributed by atoms with Crippen LogP contribution in [0.5, 0.6) is 0 Å². The van der Waals surface area contributed by atoms with Gasteiger partial charge in [0.15, 0.2) is 5.96 Å². The van der Waals surface area contributed by atoms with E-state index < -0.39 is 0 Å². The fraction of sp³-hybridized carbons (Fsp3) is 0.444. The number of hydrogen-bond acceptors (Lipinski definition) is 3. The third-order valence-corrected chi connectivity index (χ3v) is 4.27. The number of benzene rings is 1. The first-order chi connectivity index (χ1) is 11.9. The smallest absolute Gasteiger partial charge is 0.191 e. The summed E-state index contributed by atoms with van der Waals surface area (Å²) in [6.45, 7) is 5.33. The van der Waals surface area contributed by atoms with Crippen LogP contribution >= 0.6 is 35.6 Å². The van der Waals surface area contributed by atoms with Crippen molar-refractivity contribution in [1.29, 1.82) is 0 Å². The minimum Gasteiger partial charge on any atom is -0.377 e. The van der Waals surface area contributed by atoms with E-state index in [1.165, 1.54) is 0 Å². The van der Waals surface area contributed by atoms with Gasteiger partial charge < -0.3 is 15.4 Å². The summed E-state index contributed by atoms with van der Waals surface area (Å²) in [7, 11) is 3.45. The third-order valence-electron chi connectivity index (χ3n) is 4.02. The monoisotopic (exact) mass is 491 g/mol. The summed E-state index contributed by atoms with van der Waals surface area (Å²) in [4.78, 5) is 4.27. The van der Waals surface area contributed by atoms with Crippen molar-refractivity contribution in [2.24, 2.45) is 4.99 Å². The van der Waals surface area contributed by atoms with Gasteiger partial charge in [0, 0.05) is 44.7 Å². The lowest BCUT2D eigenvalue weighted by atomic mass is 10.1. The Labute approximate surface area is 177 Å². The summed E-state index contributed by atoms with van der Waals surface area (Å²) in [5.41, 5.74) is 0.850. The van der Waals surface area contributed by atoms with Crippen molar-refractivity contribution >= 4 is 41.5 Å². The summed E-state index contributed by atoms with van der Waals surface area (Å²) in [5.74, 6) is 0.719. The van der Waals surface area contributed by atoms with Crippen LogP contribution in [0.25, 0.3) is 0 Å². The summed E-state index contributed by atoms with van der Waals surface area (Å²) >= 11 is 6.01. The van der Waals surface area contributed by atoms with Gasteiger partial charge in [0.25, 0.3) is 0 Å². The largest absolute Gasteiger partial charge is 0.377 e. The van der Waals surface area contributed by atoms with Gasteiger partial charge in [0.05, 0.1) is 11.6 Å². The van der Waals surface area contributed by atoms with Crippen LogP contribution in [0.1, 0.15) is 25.5 Å². The zero-order valence-corrected chi connectivity index (χ0v) is 18.7. The maximum Gasteiger partial charge on any atom is 0.191 e. The Bertz CT molecular complexity index is 673. The SMILES string of the molecule is CN=C(NCC(c1ccc(Cl)cc1)n1cccn1)NCC(C)(C)OC.I. The minimum atomic E-state index is -0.269. The fourth-order valence-electron chi connectivity index (χ4n) is 2.30. The number of nitrogens with zero attached hydrogens (tertiary/aromatic N) is 3. The average Bonchev–Trinajstić information content (AvgIpc) is 3.13. The van der Waals surface area contributed by atoms with Crippen molar-refractivity contribution in [3.8, 4) is 0 Å². The Morgan fingerprint density at radius 1 is 1.31 bits per heavy atom. The van der Waals surface area contributed by atoms with Gasteiger partial charge in [-0.25, -0.2) is 0 Å². The molecule has 0 aliphatic heterocycles. The van der Waals surface area contributed by atoms with E-state index in [9.17, 15) is 0 Å². The highest BCUT2D eigenvalue weighted by Crippen LogP contribution is 2.19. The van der Waals surface area contributed by atoms with Gasteiger partial charge in [0.2, 0.25) is 0 Å². The van der Waals surface area contributed by atoms with Crippen molar-refractivity contribution in [2.75, 3.05) is 27.2 Å². The van der Waals surface area contributed by atoms with E-state index in [1.807, 2.05) is 55.1 Å². The van der Waals surface area contributed by atoms with E-state index in [-0.39, 0.29) is 35.6 Å². The molecule has 0 saturated heterocycles. The zero-order chi connectivity index (χ0) is 18.3. The molecule has 1 heterocycles. The molecular formula is C18H27ClIN5O. The highest BCUT2D eigenvalue weighted by atomic mass is 127. The minimum absolute atomic E-state index is 0. The molecule has 26 heavy (non-hydrogen) atoms. The number of halogens is 2. The first-order valence-corrected chi connectivity index (χ1v) is 8.57. The molecule has 1 atom stereocenters. The molecule has 0 spiro atoms. The maximum atomic E-state index is 6.01. The second-order valence-electron chi connectivity index (χ2n) is 6.32. The summed E-state index contributed by atoms with van der Waals surface area (Å²) < 4.78 is 7.34. The molecule has 2 rings (SSSR count). The first kappa shape index (κ1) is 22.7. The molecule has 1 aromatic carbocycles. The topological polar surface area (TPSA) is 63.5 Å². The Hall–Kier alpha value is -1.32.